The minimum atomic E-state index is -1.15. The first kappa shape index (κ1) is 56.5. The second kappa shape index (κ2) is 42.2. The van der Waals surface area contributed by atoms with E-state index in [1.165, 1.54) is 6.42 Å². The quantitative estimate of drug-likeness (QED) is 0.0200. The summed E-state index contributed by atoms with van der Waals surface area (Å²) in [7, 11) is 5.36. The number of hydrogen-bond acceptors (Lipinski definition) is 7. The van der Waals surface area contributed by atoms with Crippen molar-refractivity contribution in [1.82, 2.24) is 0 Å². The Hall–Kier alpha value is -4.53. The van der Waals surface area contributed by atoms with E-state index in [1.807, 2.05) is 48.6 Å². The van der Waals surface area contributed by atoms with Crippen molar-refractivity contribution >= 4 is 17.9 Å². The molecule has 0 rings (SSSR count). The van der Waals surface area contributed by atoms with Gasteiger partial charge in [0.05, 0.1) is 40.3 Å². The van der Waals surface area contributed by atoms with Crippen molar-refractivity contribution in [1.29, 1.82) is 0 Å². The maximum Gasteiger partial charge on any atom is 0.306 e. The molecule has 0 aromatic rings. The lowest BCUT2D eigenvalue weighted by atomic mass is 10.1. The van der Waals surface area contributed by atoms with Crippen LogP contribution >= 0.6 is 0 Å². The van der Waals surface area contributed by atoms with Gasteiger partial charge in [0, 0.05) is 19.3 Å². The van der Waals surface area contributed by atoms with Crippen LogP contribution < -0.4 is 5.11 Å². The summed E-state index contributed by atoms with van der Waals surface area (Å²) in [5, 5.41) is 11.6. The third kappa shape index (κ3) is 40.6. The van der Waals surface area contributed by atoms with Gasteiger partial charge in [0.15, 0.2) is 6.10 Å². The van der Waals surface area contributed by atoms with Gasteiger partial charge in [-0.2, -0.15) is 0 Å². The zero-order chi connectivity index (χ0) is 44.9. The number of allylic oxidation sites excluding steroid dienone is 22. The molecular formula is C53H81NO7. The molecule has 2 atom stereocenters. The molecule has 0 saturated heterocycles. The number of likely N-dealkylation sites (N-methyl/N-ethyl adjacent to an activating group) is 1. The number of carbonyl (C=O) groups is 3. The fourth-order valence-electron chi connectivity index (χ4n) is 5.65. The summed E-state index contributed by atoms with van der Waals surface area (Å²) < 4.78 is 17.1. The Labute approximate surface area is 371 Å². The number of carboxylic acids is 1. The van der Waals surface area contributed by atoms with Gasteiger partial charge in [0.1, 0.15) is 12.6 Å². The highest BCUT2D eigenvalue weighted by Gasteiger charge is 2.25. The molecule has 0 spiro atoms. The fraction of sp³-hybridized carbons (Fsp3) is 0.528. The van der Waals surface area contributed by atoms with Crippen LogP contribution in [0.3, 0.4) is 0 Å². The number of hydrogen-bond donors (Lipinski definition) is 0. The van der Waals surface area contributed by atoms with Gasteiger partial charge in [0.2, 0.25) is 0 Å². The van der Waals surface area contributed by atoms with Crippen molar-refractivity contribution in [2.75, 3.05) is 41.0 Å². The number of unbranched alkanes of at least 4 members (excludes halogenated alkanes) is 6. The van der Waals surface area contributed by atoms with E-state index in [2.05, 4.69) is 98.9 Å². The Bertz CT molecular complexity index is 1450. The molecule has 0 bridgehead atoms. The molecule has 0 aliphatic rings. The minimum absolute atomic E-state index is 0.00412. The van der Waals surface area contributed by atoms with E-state index >= 15 is 0 Å². The van der Waals surface area contributed by atoms with Crippen LogP contribution in [0.2, 0.25) is 0 Å². The number of nitrogens with zero attached hydrogens (tertiary/aromatic N) is 1. The van der Waals surface area contributed by atoms with E-state index in [4.69, 9.17) is 14.2 Å². The number of ether oxygens (including phenoxy) is 3. The van der Waals surface area contributed by atoms with Crippen LogP contribution in [0, 0.1) is 0 Å². The highest BCUT2D eigenvalue weighted by molar-refractivity contribution is 5.70. The van der Waals surface area contributed by atoms with E-state index in [9.17, 15) is 19.5 Å². The summed E-state index contributed by atoms with van der Waals surface area (Å²) in [6, 6.07) is -0.751. The number of esters is 2. The lowest BCUT2D eigenvalue weighted by molar-refractivity contribution is -0.889. The summed E-state index contributed by atoms with van der Waals surface area (Å²) in [5.74, 6) is -1.90. The summed E-state index contributed by atoms with van der Waals surface area (Å²) in [4.78, 5) is 36.9. The van der Waals surface area contributed by atoms with Gasteiger partial charge in [-0.25, -0.2) is 0 Å². The van der Waals surface area contributed by atoms with E-state index in [1.54, 1.807) is 21.1 Å². The molecule has 8 heteroatoms. The molecule has 340 valence electrons. The molecule has 0 aliphatic carbocycles. The normalized spacial score (nSPS) is 14.2. The van der Waals surface area contributed by atoms with Crippen LogP contribution in [0.4, 0.5) is 0 Å². The monoisotopic (exact) mass is 844 g/mol. The van der Waals surface area contributed by atoms with Crippen LogP contribution in [-0.4, -0.2) is 75.5 Å². The fourth-order valence-corrected chi connectivity index (χ4v) is 5.65. The molecule has 0 fully saturated rings. The Balaban J connectivity index is 4.54. The van der Waals surface area contributed by atoms with Gasteiger partial charge in [0.25, 0.3) is 0 Å². The highest BCUT2D eigenvalue weighted by atomic mass is 16.6. The SMILES string of the molecule is CC/C=C/C/C=C/C/C=C/C/C=C/C/C=C/C/C=C/CCC(=O)OCC(COCCC(C(=O)[O-])[N+](C)(C)C)OC(=O)CCCCCCC/C=C/C=C/C=C/C=C/C=C/CCC. The number of rotatable bonds is 38. The lowest BCUT2D eigenvalue weighted by Crippen LogP contribution is -2.55. The predicted molar refractivity (Wildman–Crippen MR) is 253 cm³/mol. The van der Waals surface area contributed by atoms with Crippen LogP contribution in [0.5, 0.6) is 0 Å². The summed E-state index contributed by atoms with van der Waals surface area (Å²) >= 11 is 0. The number of aliphatic carboxylic acids is 1. The Morgan fingerprint density at radius 2 is 1.02 bits per heavy atom. The van der Waals surface area contributed by atoms with E-state index < -0.39 is 18.1 Å². The molecule has 0 radical (unpaired) electrons. The van der Waals surface area contributed by atoms with E-state index in [-0.39, 0.29) is 55.5 Å². The number of carboxylic acid groups (broad SMARTS) is 1. The summed E-state index contributed by atoms with van der Waals surface area (Å²) in [6.45, 7) is 4.32. The molecule has 8 nitrogen and oxygen atoms in total. The first-order chi connectivity index (χ1) is 29.6. The average molecular weight is 844 g/mol. The van der Waals surface area contributed by atoms with E-state index in [0.717, 1.165) is 77.0 Å². The summed E-state index contributed by atoms with van der Waals surface area (Å²) in [5.41, 5.74) is 0. The highest BCUT2D eigenvalue weighted by Crippen LogP contribution is 2.11. The molecule has 0 heterocycles. The molecule has 0 aromatic carbocycles. The van der Waals surface area contributed by atoms with Gasteiger partial charge in [-0.15, -0.1) is 0 Å². The van der Waals surface area contributed by atoms with Crippen molar-refractivity contribution in [3.63, 3.8) is 0 Å². The Morgan fingerprint density at radius 3 is 1.54 bits per heavy atom. The average Bonchev–Trinajstić information content (AvgIpc) is 3.22. The van der Waals surface area contributed by atoms with Gasteiger partial charge >= 0.3 is 11.9 Å². The number of carbonyl (C=O) groups excluding carboxylic acids is 3. The van der Waals surface area contributed by atoms with Gasteiger partial charge in [-0.1, -0.05) is 173 Å². The molecule has 0 saturated carbocycles. The second-order valence-electron chi connectivity index (χ2n) is 15.7. The zero-order valence-electron chi connectivity index (χ0n) is 38.5. The summed E-state index contributed by atoms with van der Waals surface area (Å²) in [6.07, 6.45) is 60.6. The maximum absolute atomic E-state index is 12.7. The van der Waals surface area contributed by atoms with Gasteiger partial charge in [-0.05, 0) is 70.6 Å². The zero-order valence-corrected chi connectivity index (χ0v) is 38.5. The van der Waals surface area contributed by atoms with Crippen LogP contribution in [0.25, 0.3) is 0 Å². The third-order valence-corrected chi connectivity index (χ3v) is 9.14. The molecule has 0 aromatic heterocycles. The van der Waals surface area contributed by atoms with Gasteiger partial charge < -0.3 is 28.6 Å². The topological polar surface area (TPSA) is 102 Å². The van der Waals surface area contributed by atoms with Crippen molar-refractivity contribution in [3.8, 4) is 0 Å². The maximum atomic E-state index is 12.7. The van der Waals surface area contributed by atoms with Crippen LogP contribution in [-0.2, 0) is 28.6 Å². The molecule has 61 heavy (non-hydrogen) atoms. The molecule has 0 amide bonds. The minimum Gasteiger partial charge on any atom is -0.544 e. The molecule has 0 aliphatic heterocycles. The van der Waals surface area contributed by atoms with Crippen LogP contribution in [0.15, 0.2) is 134 Å². The largest absolute Gasteiger partial charge is 0.544 e. The molecule has 2 unspecified atom stereocenters. The number of quaternary nitrogens is 1. The standard InChI is InChI=1S/C53H81NO7/c1-6-8-10-12-14-16-18-20-22-24-26-28-29-31-33-35-37-39-41-43-51(55)60-48-49(47-59-46-45-50(53(57)58)54(3,4)5)61-52(56)44-42-40-38-36-34-32-30-27-25-23-21-19-17-15-13-11-9-7-2/h8,10-11,13-17,19-23,25-28,30-31,33,37,39,49-50H,6-7,9,12,18,24,29,32,34-36,38,40-48H2,1-5H3/b10-8+,13-11+,16-14+,17-15+,21-19+,22-20+,25-23+,28-26+,30-27+,33-31+,39-37+. The smallest absolute Gasteiger partial charge is 0.306 e. The van der Waals surface area contributed by atoms with Gasteiger partial charge in [-0.3, -0.25) is 9.59 Å². The molecular weight excluding hydrogens is 763 g/mol. The van der Waals surface area contributed by atoms with Crippen molar-refractivity contribution in [2.24, 2.45) is 0 Å². The lowest BCUT2D eigenvalue weighted by Gasteiger charge is -2.34. The van der Waals surface area contributed by atoms with Crippen LogP contribution in [0.1, 0.15) is 129 Å². The van der Waals surface area contributed by atoms with Crippen molar-refractivity contribution < 1.29 is 38.2 Å². The van der Waals surface area contributed by atoms with Crippen molar-refractivity contribution in [3.05, 3.63) is 134 Å². The van der Waals surface area contributed by atoms with Crippen molar-refractivity contribution in [2.45, 2.75) is 142 Å². The third-order valence-electron chi connectivity index (χ3n) is 9.14. The first-order valence-electron chi connectivity index (χ1n) is 22.8. The predicted octanol–water partition coefficient (Wildman–Crippen LogP) is 11.5. The van der Waals surface area contributed by atoms with E-state index in [0.29, 0.717) is 12.8 Å². The Kier molecular flexibility index (Phi) is 39.0. The second-order valence-corrected chi connectivity index (χ2v) is 15.7. The first-order valence-corrected chi connectivity index (χ1v) is 22.8. The Morgan fingerprint density at radius 1 is 0.525 bits per heavy atom. The molecule has 0 N–H and O–H groups in total.